The number of hydrogen-bond acceptors (Lipinski definition) is 5. The summed E-state index contributed by atoms with van der Waals surface area (Å²) >= 11 is 0. The molecule has 0 saturated carbocycles. The van der Waals surface area contributed by atoms with E-state index in [0.29, 0.717) is 12.4 Å². The molecule has 0 saturated heterocycles. The van der Waals surface area contributed by atoms with Crippen LogP contribution in [0.1, 0.15) is 33.7 Å². The zero-order valence-electron chi connectivity index (χ0n) is 14.4. The standard InChI is InChI=1S/C16H24N6O.ClH/c1-11(2)16(4,10-17)18-15(23)12(3)22-20-14(19-21-22)13-8-6-5-7-9-13;/h5-9,11-12H,10,17H2,1-4H3,(H,18,23);1H. The van der Waals surface area contributed by atoms with Crippen LogP contribution in [0.15, 0.2) is 30.3 Å². The van der Waals surface area contributed by atoms with Crippen LogP contribution in [0.25, 0.3) is 11.4 Å². The van der Waals surface area contributed by atoms with E-state index in [1.165, 1.54) is 4.80 Å². The van der Waals surface area contributed by atoms with Gasteiger partial charge < -0.3 is 11.1 Å². The summed E-state index contributed by atoms with van der Waals surface area (Å²) in [7, 11) is 0. The molecule has 0 aliphatic heterocycles. The maximum Gasteiger partial charge on any atom is 0.246 e. The molecule has 0 radical (unpaired) electrons. The van der Waals surface area contributed by atoms with E-state index in [1.807, 2.05) is 51.1 Å². The van der Waals surface area contributed by atoms with Crippen LogP contribution in [0.4, 0.5) is 0 Å². The van der Waals surface area contributed by atoms with Gasteiger partial charge in [0.05, 0.1) is 5.54 Å². The van der Waals surface area contributed by atoms with Crippen LogP contribution in [0.5, 0.6) is 0 Å². The summed E-state index contributed by atoms with van der Waals surface area (Å²) in [6.45, 7) is 8.09. The normalized spacial score (nSPS) is 14.6. The average molecular weight is 353 g/mol. The molecule has 2 rings (SSSR count). The van der Waals surface area contributed by atoms with Gasteiger partial charge in [0.15, 0.2) is 0 Å². The Kier molecular flexibility index (Phi) is 6.86. The molecule has 2 atom stereocenters. The highest BCUT2D eigenvalue weighted by Crippen LogP contribution is 2.17. The molecule has 0 spiro atoms. The van der Waals surface area contributed by atoms with E-state index in [9.17, 15) is 4.79 Å². The highest BCUT2D eigenvalue weighted by molar-refractivity contribution is 5.85. The van der Waals surface area contributed by atoms with Crippen molar-refractivity contribution in [1.29, 1.82) is 0 Å². The molecule has 0 bridgehead atoms. The minimum absolute atomic E-state index is 0. The lowest BCUT2D eigenvalue weighted by Crippen LogP contribution is -2.56. The fraction of sp³-hybridized carbons (Fsp3) is 0.500. The second-order valence-corrected chi connectivity index (χ2v) is 6.24. The van der Waals surface area contributed by atoms with Gasteiger partial charge in [-0.05, 0) is 25.0 Å². The van der Waals surface area contributed by atoms with Crippen LogP contribution < -0.4 is 11.1 Å². The van der Waals surface area contributed by atoms with Gasteiger partial charge in [-0.3, -0.25) is 4.79 Å². The molecular weight excluding hydrogens is 328 g/mol. The lowest BCUT2D eigenvalue weighted by Gasteiger charge is -2.34. The fourth-order valence-electron chi connectivity index (χ4n) is 2.01. The molecule has 1 heterocycles. The van der Waals surface area contributed by atoms with Crippen LogP contribution in [0.2, 0.25) is 0 Å². The molecule has 0 aliphatic carbocycles. The number of carbonyl (C=O) groups excluding carboxylic acids is 1. The van der Waals surface area contributed by atoms with E-state index in [2.05, 4.69) is 20.7 Å². The highest BCUT2D eigenvalue weighted by atomic mass is 35.5. The molecule has 1 amide bonds. The Morgan fingerprint density at radius 3 is 2.46 bits per heavy atom. The molecule has 7 nitrogen and oxygen atoms in total. The topological polar surface area (TPSA) is 98.7 Å². The molecule has 132 valence electrons. The van der Waals surface area contributed by atoms with E-state index in [4.69, 9.17) is 5.73 Å². The van der Waals surface area contributed by atoms with Crippen molar-refractivity contribution in [2.24, 2.45) is 11.7 Å². The van der Waals surface area contributed by atoms with Gasteiger partial charge in [-0.25, -0.2) is 0 Å². The van der Waals surface area contributed by atoms with Crippen LogP contribution in [-0.2, 0) is 4.79 Å². The van der Waals surface area contributed by atoms with Gasteiger partial charge in [-0.15, -0.1) is 22.6 Å². The molecule has 2 unspecified atom stereocenters. The number of aromatic nitrogens is 4. The van der Waals surface area contributed by atoms with Crippen molar-refractivity contribution >= 4 is 18.3 Å². The number of hydrogen-bond donors (Lipinski definition) is 2. The van der Waals surface area contributed by atoms with E-state index in [1.54, 1.807) is 6.92 Å². The van der Waals surface area contributed by atoms with Gasteiger partial charge in [-0.2, -0.15) is 4.80 Å². The Bertz CT molecular complexity index is 660. The number of amides is 1. The number of rotatable bonds is 6. The summed E-state index contributed by atoms with van der Waals surface area (Å²) in [4.78, 5) is 13.8. The molecule has 0 fully saturated rings. The predicted octanol–water partition coefficient (Wildman–Crippen LogP) is 1.81. The first-order valence-corrected chi connectivity index (χ1v) is 7.74. The van der Waals surface area contributed by atoms with Crippen molar-refractivity contribution in [2.75, 3.05) is 6.54 Å². The number of nitrogens with zero attached hydrogens (tertiary/aromatic N) is 4. The third-order valence-electron chi connectivity index (χ3n) is 4.29. The quantitative estimate of drug-likeness (QED) is 0.826. The molecule has 1 aromatic heterocycles. The van der Waals surface area contributed by atoms with Gasteiger partial charge in [0.2, 0.25) is 11.7 Å². The second-order valence-electron chi connectivity index (χ2n) is 6.24. The molecule has 2 aromatic rings. The number of nitrogens with two attached hydrogens (primary N) is 1. The fourth-order valence-corrected chi connectivity index (χ4v) is 2.01. The van der Waals surface area contributed by atoms with Crippen LogP contribution in [0.3, 0.4) is 0 Å². The summed E-state index contributed by atoms with van der Waals surface area (Å²) in [5.41, 5.74) is 6.21. The summed E-state index contributed by atoms with van der Waals surface area (Å²) < 4.78 is 0. The van der Waals surface area contributed by atoms with Gasteiger partial charge >= 0.3 is 0 Å². The van der Waals surface area contributed by atoms with Gasteiger partial charge in [0.1, 0.15) is 6.04 Å². The summed E-state index contributed by atoms with van der Waals surface area (Å²) in [6.07, 6.45) is 0. The van der Waals surface area contributed by atoms with Gasteiger partial charge in [-0.1, -0.05) is 44.2 Å². The lowest BCUT2D eigenvalue weighted by molar-refractivity contribution is -0.126. The van der Waals surface area contributed by atoms with Crippen LogP contribution >= 0.6 is 12.4 Å². The average Bonchev–Trinajstić information content (AvgIpc) is 3.04. The van der Waals surface area contributed by atoms with Crippen molar-refractivity contribution < 1.29 is 4.79 Å². The van der Waals surface area contributed by atoms with Crippen molar-refractivity contribution in [3.63, 3.8) is 0 Å². The number of benzene rings is 1. The third kappa shape index (κ3) is 4.30. The van der Waals surface area contributed by atoms with Crippen molar-refractivity contribution in [3.05, 3.63) is 30.3 Å². The third-order valence-corrected chi connectivity index (χ3v) is 4.29. The monoisotopic (exact) mass is 352 g/mol. The number of halogens is 1. The first-order chi connectivity index (χ1) is 10.9. The Balaban J connectivity index is 0.00000288. The maximum absolute atomic E-state index is 12.5. The minimum Gasteiger partial charge on any atom is -0.348 e. The molecule has 24 heavy (non-hydrogen) atoms. The Morgan fingerprint density at radius 2 is 1.92 bits per heavy atom. The predicted molar refractivity (Wildman–Crippen MR) is 95.7 cm³/mol. The van der Waals surface area contributed by atoms with Gasteiger partial charge in [0.25, 0.3) is 0 Å². The van der Waals surface area contributed by atoms with Gasteiger partial charge in [0, 0.05) is 12.1 Å². The largest absolute Gasteiger partial charge is 0.348 e. The number of nitrogens with one attached hydrogen (secondary N) is 1. The SMILES string of the molecule is CC(C(=O)NC(C)(CN)C(C)C)n1nnc(-c2ccccc2)n1.Cl. The minimum atomic E-state index is -0.565. The smallest absolute Gasteiger partial charge is 0.246 e. The molecule has 1 aromatic carbocycles. The van der Waals surface area contributed by atoms with E-state index in [0.717, 1.165) is 5.56 Å². The molecular formula is C16H25ClN6O. The first-order valence-electron chi connectivity index (χ1n) is 7.74. The summed E-state index contributed by atoms with van der Waals surface area (Å²) in [5, 5.41) is 15.3. The van der Waals surface area contributed by atoms with Crippen molar-refractivity contribution in [2.45, 2.75) is 39.3 Å². The zero-order chi connectivity index (χ0) is 17.0. The number of tetrazole rings is 1. The Labute approximate surface area is 148 Å². The van der Waals surface area contributed by atoms with Crippen molar-refractivity contribution in [1.82, 2.24) is 25.5 Å². The highest BCUT2D eigenvalue weighted by Gasteiger charge is 2.31. The Hall–Kier alpha value is -1.99. The van der Waals surface area contributed by atoms with Crippen LogP contribution in [-0.4, -0.2) is 38.2 Å². The number of carbonyl (C=O) groups is 1. The Morgan fingerprint density at radius 1 is 1.29 bits per heavy atom. The zero-order valence-corrected chi connectivity index (χ0v) is 15.2. The van der Waals surface area contributed by atoms with E-state index < -0.39 is 11.6 Å². The van der Waals surface area contributed by atoms with Crippen LogP contribution in [0, 0.1) is 5.92 Å². The summed E-state index contributed by atoms with van der Waals surface area (Å²) in [6, 6.07) is 8.96. The van der Waals surface area contributed by atoms with Crippen molar-refractivity contribution in [3.8, 4) is 11.4 Å². The lowest BCUT2D eigenvalue weighted by atomic mass is 9.88. The molecule has 3 N–H and O–H groups in total. The molecule has 0 aliphatic rings. The van der Waals surface area contributed by atoms with E-state index >= 15 is 0 Å². The summed E-state index contributed by atoms with van der Waals surface area (Å²) in [5.74, 6) is 0.534. The maximum atomic E-state index is 12.5. The van der Waals surface area contributed by atoms with E-state index in [-0.39, 0.29) is 24.2 Å². The molecule has 8 heteroatoms. The second kappa shape index (κ2) is 8.21. The first kappa shape index (κ1) is 20.1.